The molecule has 2 amide bonds. The van der Waals surface area contributed by atoms with Crippen LogP contribution in [0, 0.1) is 30.1 Å². The van der Waals surface area contributed by atoms with Gasteiger partial charge in [0.2, 0.25) is 11.8 Å². The van der Waals surface area contributed by atoms with E-state index in [2.05, 4.69) is 10.3 Å². The fraction of sp³-hybridized carbons (Fsp3) is 0.750. The van der Waals surface area contributed by atoms with Gasteiger partial charge in [0.15, 0.2) is 5.13 Å². The van der Waals surface area contributed by atoms with Crippen molar-refractivity contribution in [1.82, 2.24) is 9.88 Å². The summed E-state index contributed by atoms with van der Waals surface area (Å²) in [4.78, 5) is 32.4. The first kappa shape index (κ1) is 16.7. The molecule has 0 saturated heterocycles. The summed E-state index contributed by atoms with van der Waals surface area (Å²) in [6, 6.07) is 0.277. The van der Waals surface area contributed by atoms with Crippen molar-refractivity contribution >= 4 is 28.3 Å². The molecule has 140 valence electrons. The quantitative estimate of drug-likeness (QED) is 0.858. The lowest BCUT2D eigenvalue weighted by atomic mass is 9.49. The van der Waals surface area contributed by atoms with E-state index >= 15 is 0 Å². The molecule has 0 radical (unpaired) electrons. The Labute approximate surface area is 158 Å². The molecule has 0 atom stereocenters. The van der Waals surface area contributed by atoms with Crippen LogP contribution in [0.15, 0.2) is 5.38 Å². The summed E-state index contributed by atoms with van der Waals surface area (Å²) in [5.41, 5.74) is 0.754. The zero-order chi connectivity index (χ0) is 17.9. The van der Waals surface area contributed by atoms with Crippen LogP contribution in [0.4, 0.5) is 5.13 Å². The Balaban J connectivity index is 1.31. The van der Waals surface area contributed by atoms with E-state index in [0.29, 0.717) is 5.13 Å². The van der Waals surface area contributed by atoms with Crippen molar-refractivity contribution in [3.05, 3.63) is 11.1 Å². The van der Waals surface area contributed by atoms with Gasteiger partial charge in [-0.3, -0.25) is 9.59 Å². The van der Waals surface area contributed by atoms with Crippen molar-refractivity contribution in [2.75, 3.05) is 11.9 Å². The largest absolute Gasteiger partial charge is 0.330 e. The average molecular weight is 374 g/mol. The van der Waals surface area contributed by atoms with Gasteiger partial charge in [-0.05, 0) is 76.0 Å². The monoisotopic (exact) mass is 373 g/mol. The van der Waals surface area contributed by atoms with Crippen LogP contribution in [-0.2, 0) is 9.59 Å². The third-order valence-corrected chi connectivity index (χ3v) is 7.80. The van der Waals surface area contributed by atoms with Gasteiger partial charge in [0.05, 0.1) is 11.1 Å². The van der Waals surface area contributed by atoms with Crippen LogP contribution in [0.2, 0.25) is 0 Å². The number of amides is 2. The van der Waals surface area contributed by atoms with Gasteiger partial charge in [0.25, 0.3) is 0 Å². The van der Waals surface area contributed by atoms with Gasteiger partial charge < -0.3 is 10.2 Å². The van der Waals surface area contributed by atoms with Crippen LogP contribution >= 0.6 is 11.3 Å². The van der Waals surface area contributed by atoms with Gasteiger partial charge in [-0.1, -0.05) is 0 Å². The second-order valence-corrected chi connectivity index (χ2v) is 10.1. The van der Waals surface area contributed by atoms with E-state index in [1.165, 1.54) is 30.6 Å². The third-order valence-electron chi connectivity index (χ3n) is 6.92. The highest BCUT2D eigenvalue weighted by Crippen LogP contribution is 2.60. The van der Waals surface area contributed by atoms with Gasteiger partial charge in [-0.25, -0.2) is 4.98 Å². The molecule has 0 spiro atoms. The van der Waals surface area contributed by atoms with Crippen molar-refractivity contribution in [1.29, 1.82) is 0 Å². The van der Waals surface area contributed by atoms with Gasteiger partial charge in [0.1, 0.15) is 6.54 Å². The van der Waals surface area contributed by atoms with E-state index in [-0.39, 0.29) is 29.8 Å². The van der Waals surface area contributed by atoms with Crippen LogP contribution in [0.25, 0.3) is 0 Å². The van der Waals surface area contributed by atoms with Crippen LogP contribution in [-0.4, -0.2) is 34.3 Å². The highest BCUT2D eigenvalue weighted by atomic mass is 32.1. The lowest BCUT2D eigenvalue weighted by Gasteiger charge is -2.56. The average Bonchev–Trinajstić information content (AvgIpc) is 3.34. The number of nitrogens with zero attached hydrogens (tertiary/aromatic N) is 2. The van der Waals surface area contributed by atoms with Crippen LogP contribution in [0.1, 0.15) is 57.1 Å². The molecule has 26 heavy (non-hydrogen) atoms. The number of nitrogens with one attached hydrogen (secondary N) is 1. The van der Waals surface area contributed by atoms with Crippen LogP contribution < -0.4 is 5.32 Å². The number of carbonyl (C=O) groups excluding carboxylic acids is 2. The van der Waals surface area contributed by atoms with Crippen molar-refractivity contribution in [3.63, 3.8) is 0 Å². The Bertz CT molecular complexity index is 704. The van der Waals surface area contributed by atoms with Gasteiger partial charge >= 0.3 is 0 Å². The first-order valence-corrected chi connectivity index (χ1v) is 10.9. The third kappa shape index (κ3) is 2.96. The minimum Gasteiger partial charge on any atom is -0.330 e. The lowest BCUT2D eigenvalue weighted by Crippen LogP contribution is -2.56. The number of aryl methyl sites for hydroxylation is 1. The molecule has 0 unspecified atom stereocenters. The minimum atomic E-state index is -0.157. The summed E-state index contributed by atoms with van der Waals surface area (Å²) in [5, 5.41) is 5.43. The van der Waals surface area contributed by atoms with E-state index < -0.39 is 0 Å². The molecule has 6 rings (SSSR count). The molecule has 0 aliphatic heterocycles. The number of aromatic nitrogens is 1. The summed E-state index contributed by atoms with van der Waals surface area (Å²) in [7, 11) is 0. The smallest absolute Gasteiger partial charge is 0.245 e. The molecule has 4 bridgehead atoms. The predicted molar refractivity (Wildman–Crippen MR) is 101 cm³/mol. The summed E-state index contributed by atoms with van der Waals surface area (Å²) < 4.78 is 0. The number of hydrogen-bond donors (Lipinski definition) is 1. The molecule has 0 aromatic carbocycles. The lowest BCUT2D eigenvalue weighted by molar-refractivity contribution is -0.159. The maximum absolute atomic E-state index is 13.6. The molecule has 5 saturated carbocycles. The molecule has 5 fully saturated rings. The summed E-state index contributed by atoms with van der Waals surface area (Å²) in [6.45, 7) is 2.10. The Morgan fingerprint density at radius 3 is 2.31 bits per heavy atom. The second-order valence-electron chi connectivity index (χ2n) is 9.20. The van der Waals surface area contributed by atoms with Crippen LogP contribution in [0.5, 0.6) is 0 Å². The van der Waals surface area contributed by atoms with Gasteiger partial charge in [-0.15, -0.1) is 11.3 Å². The maximum atomic E-state index is 13.6. The fourth-order valence-electron chi connectivity index (χ4n) is 6.16. The summed E-state index contributed by atoms with van der Waals surface area (Å²) >= 11 is 1.44. The van der Waals surface area contributed by atoms with Crippen molar-refractivity contribution in [2.24, 2.45) is 23.2 Å². The first-order valence-electron chi connectivity index (χ1n) is 10.0. The molecule has 5 nitrogen and oxygen atoms in total. The van der Waals surface area contributed by atoms with E-state index in [4.69, 9.17) is 0 Å². The normalized spacial score (nSPS) is 34.7. The highest BCUT2D eigenvalue weighted by molar-refractivity contribution is 7.13. The maximum Gasteiger partial charge on any atom is 0.245 e. The molecular weight excluding hydrogens is 346 g/mol. The molecule has 1 aromatic heterocycles. The Kier molecular flexibility index (Phi) is 3.89. The Hall–Kier alpha value is -1.43. The van der Waals surface area contributed by atoms with E-state index in [0.717, 1.165) is 55.6 Å². The van der Waals surface area contributed by atoms with Gasteiger partial charge in [0, 0.05) is 11.4 Å². The minimum absolute atomic E-state index is 0.107. The van der Waals surface area contributed by atoms with E-state index in [1.807, 2.05) is 17.2 Å². The van der Waals surface area contributed by atoms with E-state index in [9.17, 15) is 9.59 Å². The van der Waals surface area contributed by atoms with E-state index in [1.54, 1.807) is 0 Å². The Morgan fingerprint density at radius 1 is 1.19 bits per heavy atom. The topological polar surface area (TPSA) is 62.3 Å². The fourth-order valence-corrected chi connectivity index (χ4v) is 6.86. The standard InChI is InChI=1S/C20H27N3O2S/c1-12-11-26-19(21-12)22-17(24)10-23(16-2-3-16)18(25)20-7-13-4-14(8-20)6-15(5-13)9-20/h11,13-16H,2-10H2,1H3,(H,21,22,24). The molecule has 5 aliphatic rings. The zero-order valence-electron chi connectivity index (χ0n) is 15.4. The number of thiazole rings is 1. The highest BCUT2D eigenvalue weighted by Gasteiger charge is 2.56. The molecule has 1 heterocycles. The van der Waals surface area contributed by atoms with Crippen molar-refractivity contribution in [3.8, 4) is 0 Å². The number of carbonyl (C=O) groups is 2. The molecule has 6 heteroatoms. The van der Waals surface area contributed by atoms with Crippen molar-refractivity contribution < 1.29 is 9.59 Å². The Morgan fingerprint density at radius 2 is 1.81 bits per heavy atom. The van der Waals surface area contributed by atoms with Crippen molar-refractivity contribution in [2.45, 2.75) is 64.3 Å². The summed E-state index contributed by atoms with van der Waals surface area (Å²) in [5.74, 6) is 2.42. The molecular formula is C20H27N3O2S. The predicted octanol–water partition coefficient (Wildman–Crippen LogP) is 3.60. The number of hydrogen-bond acceptors (Lipinski definition) is 4. The van der Waals surface area contributed by atoms with Gasteiger partial charge in [-0.2, -0.15) is 0 Å². The second kappa shape index (κ2) is 6.04. The molecule has 1 aromatic rings. The SMILES string of the molecule is Cc1csc(NC(=O)CN(C(=O)C23CC4CC(CC(C4)C2)C3)C2CC2)n1. The molecule has 5 aliphatic carbocycles. The summed E-state index contributed by atoms with van der Waals surface area (Å²) in [6.07, 6.45) is 9.28. The first-order chi connectivity index (χ1) is 12.5. The van der Waals surface area contributed by atoms with Crippen LogP contribution in [0.3, 0.4) is 0 Å². The molecule has 1 N–H and O–H groups in total. The zero-order valence-corrected chi connectivity index (χ0v) is 16.2. The number of anilines is 1. The number of rotatable bonds is 5.